The van der Waals surface area contributed by atoms with Crippen molar-refractivity contribution in [2.24, 2.45) is 5.92 Å². The Kier molecular flexibility index (Phi) is 7.93. The van der Waals surface area contributed by atoms with Gasteiger partial charge in [-0.25, -0.2) is 0 Å². The van der Waals surface area contributed by atoms with Gasteiger partial charge in [-0.15, -0.1) is 0 Å². The predicted molar refractivity (Wildman–Crippen MR) is 171 cm³/mol. The minimum absolute atomic E-state index is 0.00145. The van der Waals surface area contributed by atoms with Crippen LogP contribution in [0.2, 0.25) is 18.6 Å². The third-order valence-electron chi connectivity index (χ3n) is 9.83. The highest BCUT2D eigenvalue weighted by atomic mass is 28.3. The van der Waals surface area contributed by atoms with E-state index in [2.05, 4.69) is 37.5 Å². The zero-order valence-corrected chi connectivity index (χ0v) is 26.4. The number of amides is 2. The number of hydrogen-bond donors (Lipinski definition) is 2. The van der Waals surface area contributed by atoms with Crippen LogP contribution >= 0.6 is 0 Å². The molecule has 3 aromatic rings. The highest BCUT2D eigenvalue weighted by Crippen LogP contribution is 2.60. The second-order valence-electron chi connectivity index (χ2n) is 12.5. The molecule has 6 rings (SSSR count). The fraction of sp³-hybridized carbons (Fsp3) is 0.412. The molecule has 0 bridgehead atoms. The third-order valence-corrected chi connectivity index (χ3v) is 14.2. The van der Waals surface area contributed by atoms with Crippen molar-refractivity contribution in [3.63, 3.8) is 0 Å². The number of ether oxygens (including phenoxy) is 2. The Labute approximate surface area is 254 Å². The van der Waals surface area contributed by atoms with Crippen molar-refractivity contribution in [1.29, 1.82) is 0 Å². The quantitative estimate of drug-likeness (QED) is 0.383. The molecule has 9 heteroatoms. The summed E-state index contributed by atoms with van der Waals surface area (Å²) >= 11 is 0. The van der Waals surface area contributed by atoms with Crippen molar-refractivity contribution in [3.05, 3.63) is 83.9 Å². The Morgan fingerprint density at radius 1 is 1.05 bits per heavy atom. The number of nitrogens with one attached hydrogen (secondary N) is 1. The number of benzene rings is 3. The maximum absolute atomic E-state index is 14.7. The Morgan fingerprint density at radius 2 is 1.77 bits per heavy atom. The average Bonchev–Trinajstić information content (AvgIpc) is 3.45. The summed E-state index contributed by atoms with van der Waals surface area (Å²) in [5.41, 5.74) is 2.60. The summed E-state index contributed by atoms with van der Waals surface area (Å²) in [5.74, 6) is 0.723. The molecule has 0 saturated carbocycles. The Bertz CT molecular complexity index is 1490. The smallest absolute Gasteiger partial charge is 0.264 e. The molecule has 3 aromatic carbocycles. The van der Waals surface area contributed by atoms with Crippen LogP contribution in [-0.2, 0) is 26.5 Å². The van der Waals surface area contributed by atoms with E-state index in [0.717, 1.165) is 34.8 Å². The molecule has 43 heavy (non-hydrogen) atoms. The molecule has 3 aliphatic rings. The van der Waals surface area contributed by atoms with E-state index >= 15 is 0 Å². The summed E-state index contributed by atoms with van der Waals surface area (Å²) in [6.45, 7) is 9.00. The zero-order valence-electron chi connectivity index (χ0n) is 25.4. The molecule has 2 amide bonds. The van der Waals surface area contributed by atoms with Crippen molar-refractivity contribution in [1.82, 2.24) is 5.32 Å². The SMILES string of the molecule is COc1ccc([Si](C)(C)[C@H]2[C@H](CCO)O[C@@]3(C(=O)N(Cc4ccc(N5CCNCC5=O)cc4)c4ccccc43)[C@@H]2C)cc1. The standard InChI is InChI=1S/C34H41N3O5Si/c1-23-32(43(3,4)27-15-13-26(41-2)14-16-27)30(17-20-38)42-34(23)28-7-5-6-8-29(28)37(33(34)40)22-24-9-11-25(12-10-24)36-19-18-35-21-31(36)39/h5-16,23,30,32,35,38H,17-22H2,1-4H3/t23-,30+,32-,34+/m1/s1. The minimum Gasteiger partial charge on any atom is -0.497 e. The van der Waals surface area contributed by atoms with E-state index in [1.165, 1.54) is 5.19 Å². The van der Waals surface area contributed by atoms with Gasteiger partial charge in [0.05, 0.1) is 40.1 Å². The van der Waals surface area contributed by atoms with Crippen LogP contribution in [0, 0.1) is 5.92 Å². The zero-order chi connectivity index (χ0) is 30.4. The number of piperazine rings is 1. The van der Waals surface area contributed by atoms with Gasteiger partial charge in [0.1, 0.15) is 5.75 Å². The first-order valence-corrected chi connectivity index (χ1v) is 18.2. The predicted octanol–water partition coefficient (Wildman–Crippen LogP) is 3.78. The molecular weight excluding hydrogens is 558 g/mol. The van der Waals surface area contributed by atoms with Crippen LogP contribution in [0.1, 0.15) is 24.5 Å². The van der Waals surface area contributed by atoms with Crippen molar-refractivity contribution in [3.8, 4) is 5.75 Å². The molecule has 2 saturated heterocycles. The summed E-state index contributed by atoms with van der Waals surface area (Å²) in [7, 11) is -0.545. The van der Waals surface area contributed by atoms with Crippen LogP contribution in [-0.4, -0.2) is 64.4 Å². The van der Waals surface area contributed by atoms with Gasteiger partial charge in [-0.2, -0.15) is 0 Å². The molecule has 3 heterocycles. The second-order valence-corrected chi connectivity index (χ2v) is 17.2. The Morgan fingerprint density at radius 3 is 2.44 bits per heavy atom. The van der Waals surface area contributed by atoms with Crippen LogP contribution in [0.15, 0.2) is 72.8 Å². The summed E-state index contributed by atoms with van der Waals surface area (Å²) in [6.07, 6.45) is 0.224. The van der Waals surface area contributed by atoms with Crippen LogP contribution in [0.5, 0.6) is 5.75 Å². The molecule has 8 nitrogen and oxygen atoms in total. The number of nitrogens with zero attached hydrogens (tertiary/aromatic N) is 2. The van der Waals surface area contributed by atoms with E-state index in [0.29, 0.717) is 26.1 Å². The maximum Gasteiger partial charge on any atom is 0.264 e. The number of fused-ring (bicyclic) bond motifs is 2. The molecule has 0 aromatic heterocycles. The van der Waals surface area contributed by atoms with E-state index < -0.39 is 13.7 Å². The topological polar surface area (TPSA) is 91.3 Å². The molecule has 2 N–H and O–H groups in total. The summed E-state index contributed by atoms with van der Waals surface area (Å²) in [4.78, 5) is 30.7. The van der Waals surface area contributed by atoms with Gasteiger partial charge in [0.25, 0.3) is 5.91 Å². The molecule has 0 aliphatic carbocycles. The highest BCUT2D eigenvalue weighted by Gasteiger charge is 2.66. The van der Waals surface area contributed by atoms with Gasteiger partial charge < -0.3 is 29.7 Å². The number of carbonyl (C=O) groups excluding carboxylic acids is 2. The van der Waals surface area contributed by atoms with E-state index in [9.17, 15) is 14.7 Å². The lowest BCUT2D eigenvalue weighted by Crippen LogP contribution is -2.51. The molecule has 3 aliphatic heterocycles. The number of methoxy groups -OCH3 is 1. The summed E-state index contributed by atoms with van der Waals surface area (Å²) in [6, 6.07) is 24.2. The number of para-hydroxylation sites is 1. The molecular formula is C34H41N3O5Si. The van der Waals surface area contributed by atoms with Crippen molar-refractivity contribution in [2.45, 2.75) is 50.2 Å². The maximum atomic E-state index is 14.7. The Hall–Kier alpha value is -3.50. The van der Waals surface area contributed by atoms with Gasteiger partial charge in [0, 0.05) is 36.9 Å². The van der Waals surface area contributed by atoms with Gasteiger partial charge in [0.2, 0.25) is 5.91 Å². The molecule has 4 atom stereocenters. The first kappa shape index (κ1) is 29.6. The number of hydrogen-bond acceptors (Lipinski definition) is 6. The molecule has 1 spiro atoms. The number of rotatable bonds is 8. The number of anilines is 2. The Balaban J connectivity index is 1.33. The normalized spacial score (nSPS) is 25.5. The van der Waals surface area contributed by atoms with Crippen molar-refractivity contribution < 1.29 is 24.2 Å². The number of aliphatic hydroxyl groups is 1. The van der Waals surface area contributed by atoms with Crippen LogP contribution in [0.3, 0.4) is 0 Å². The second kappa shape index (κ2) is 11.5. The lowest BCUT2D eigenvalue weighted by molar-refractivity contribution is -0.146. The molecule has 226 valence electrons. The van der Waals surface area contributed by atoms with E-state index in [-0.39, 0.29) is 36.0 Å². The van der Waals surface area contributed by atoms with Gasteiger partial charge >= 0.3 is 0 Å². The first-order valence-electron chi connectivity index (χ1n) is 15.2. The fourth-order valence-electron chi connectivity index (χ4n) is 7.67. The van der Waals surface area contributed by atoms with Gasteiger partial charge in [-0.05, 0) is 47.9 Å². The summed E-state index contributed by atoms with van der Waals surface area (Å²) < 4.78 is 12.4. The number of aliphatic hydroxyl groups excluding tert-OH is 1. The molecule has 0 radical (unpaired) electrons. The largest absolute Gasteiger partial charge is 0.497 e. The van der Waals surface area contributed by atoms with E-state index in [4.69, 9.17) is 9.47 Å². The van der Waals surface area contributed by atoms with E-state index in [1.54, 1.807) is 12.0 Å². The fourth-order valence-corrected chi connectivity index (χ4v) is 11.7. The molecule has 0 unspecified atom stereocenters. The van der Waals surface area contributed by atoms with E-state index in [1.807, 2.05) is 65.6 Å². The highest BCUT2D eigenvalue weighted by molar-refractivity contribution is 6.91. The summed E-state index contributed by atoms with van der Waals surface area (Å²) in [5, 5.41) is 14.5. The van der Waals surface area contributed by atoms with Crippen LogP contribution < -0.4 is 25.0 Å². The van der Waals surface area contributed by atoms with Crippen molar-refractivity contribution >= 4 is 36.4 Å². The van der Waals surface area contributed by atoms with Gasteiger partial charge in [0.15, 0.2) is 5.60 Å². The monoisotopic (exact) mass is 599 g/mol. The van der Waals surface area contributed by atoms with Gasteiger partial charge in [-0.3, -0.25) is 9.59 Å². The van der Waals surface area contributed by atoms with Crippen LogP contribution in [0.4, 0.5) is 11.4 Å². The van der Waals surface area contributed by atoms with Gasteiger partial charge in [-0.1, -0.05) is 67.7 Å². The average molecular weight is 600 g/mol. The third kappa shape index (κ3) is 4.88. The minimum atomic E-state index is -2.21. The van der Waals surface area contributed by atoms with Crippen LogP contribution in [0.25, 0.3) is 0 Å². The number of carbonyl (C=O) groups is 2. The first-order chi connectivity index (χ1) is 20.7. The lowest BCUT2D eigenvalue weighted by Gasteiger charge is -2.37. The lowest BCUT2D eigenvalue weighted by atomic mass is 9.82. The molecule has 2 fully saturated rings. The van der Waals surface area contributed by atoms with Crippen molar-refractivity contribution in [2.75, 3.05) is 43.2 Å².